The molecule has 3 nitrogen and oxygen atoms in total. The average molecular weight is 852 g/mol. The van der Waals surface area contributed by atoms with Crippen LogP contribution in [0.4, 0.5) is 0 Å². The van der Waals surface area contributed by atoms with Gasteiger partial charge in [0.15, 0.2) is 5.82 Å². The van der Waals surface area contributed by atoms with Crippen molar-refractivity contribution in [3.8, 4) is 73.0 Å². The Morgan fingerprint density at radius 2 is 0.761 bits per heavy atom. The second kappa shape index (κ2) is 16.0. The lowest BCUT2D eigenvalue weighted by atomic mass is 9.84. The maximum atomic E-state index is 5.21. The fourth-order valence-corrected chi connectivity index (χ4v) is 10.3. The highest BCUT2D eigenvalue weighted by molar-refractivity contribution is 6.28. The molecule has 13 rings (SSSR count). The number of aromatic nitrogens is 3. The van der Waals surface area contributed by atoms with Crippen LogP contribution in [0.3, 0.4) is 0 Å². The number of para-hydroxylation sites is 2. The zero-order chi connectivity index (χ0) is 44.3. The van der Waals surface area contributed by atoms with E-state index in [1.54, 1.807) is 0 Å². The van der Waals surface area contributed by atoms with Crippen molar-refractivity contribution in [2.45, 2.75) is 0 Å². The van der Waals surface area contributed by atoms with E-state index in [4.69, 9.17) is 9.97 Å². The zero-order valence-corrected chi connectivity index (χ0v) is 36.5. The van der Waals surface area contributed by atoms with Crippen molar-refractivity contribution >= 4 is 54.1 Å². The summed E-state index contributed by atoms with van der Waals surface area (Å²) in [5, 5.41) is 9.95. The fourth-order valence-electron chi connectivity index (χ4n) is 10.3. The topological polar surface area (TPSA) is 30.7 Å². The van der Waals surface area contributed by atoms with Gasteiger partial charge in [-0.05, 0) is 102 Å². The minimum atomic E-state index is 0.696. The summed E-state index contributed by atoms with van der Waals surface area (Å²) in [6.07, 6.45) is 0. The summed E-state index contributed by atoms with van der Waals surface area (Å²) in [6.45, 7) is 0. The van der Waals surface area contributed by atoms with Crippen LogP contribution in [0, 0.1) is 0 Å². The molecule has 2 heterocycles. The molecule has 0 amide bonds. The Morgan fingerprint density at radius 3 is 1.45 bits per heavy atom. The molecule has 312 valence electrons. The molecule has 0 atom stereocenters. The van der Waals surface area contributed by atoms with Crippen molar-refractivity contribution in [3.05, 3.63) is 249 Å². The molecule has 0 saturated carbocycles. The minimum Gasteiger partial charge on any atom is -0.309 e. The lowest BCUT2D eigenvalue weighted by Crippen LogP contribution is -1.96. The van der Waals surface area contributed by atoms with Gasteiger partial charge in [0.05, 0.1) is 22.4 Å². The lowest BCUT2D eigenvalue weighted by molar-refractivity contribution is 1.18. The third-order valence-corrected chi connectivity index (χ3v) is 13.4. The Labute approximate surface area is 388 Å². The molecule has 0 aliphatic heterocycles. The van der Waals surface area contributed by atoms with E-state index in [2.05, 4.69) is 235 Å². The van der Waals surface area contributed by atoms with E-state index in [0.29, 0.717) is 5.82 Å². The van der Waals surface area contributed by atoms with Gasteiger partial charge in [-0.15, -0.1) is 0 Å². The number of hydrogen-bond acceptors (Lipinski definition) is 2. The number of benzene rings is 11. The summed E-state index contributed by atoms with van der Waals surface area (Å²) in [4.78, 5) is 10.4. The predicted octanol–water partition coefficient (Wildman–Crippen LogP) is 17.0. The van der Waals surface area contributed by atoms with Crippen molar-refractivity contribution in [2.24, 2.45) is 0 Å². The molecule has 0 radical (unpaired) electrons. The van der Waals surface area contributed by atoms with Crippen molar-refractivity contribution < 1.29 is 0 Å². The van der Waals surface area contributed by atoms with Crippen molar-refractivity contribution in [1.29, 1.82) is 0 Å². The second-order valence-electron chi connectivity index (χ2n) is 17.3. The Hall–Kier alpha value is -8.92. The number of fused-ring (bicyclic) bond motifs is 7. The second-order valence-corrected chi connectivity index (χ2v) is 17.3. The molecule has 0 unspecified atom stereocenters. The molecule has 0 fully saturated rings. The first-order valence-corrected chi connectivity index (χ1v) is 22.9. The molecule has 0 N–H and O–H groups in total. The van der Waals surface area contributed by atoms with Crippen LogP contribution < -0.4 is 0 Å². The molecule has 0 aliphatic rings. The van der Waals surface area contributed by atoms with Gasteiger partial charge in [-0.2, -0.15) is 0 Å². The van der Waals surface area contributed by atoms with Gasteiger partial charge in [0.25, 0.3) is 0 Å². The largest absolute Gasteiger partial charge is 0.309 e. The normalized spacial score (nSPS) is 11.6. The first kappa shape index (κ1) is 38.5. The standard InChI is InChI=1S/C64H41N3/c1-4-17-46(18-5-1)62-54-26-13-12-25-53(54)61(55-38-36-43-16-10-11-23-51(43)63(55)62)47-34-32-45(33-35-47)58-41-57(65-64(66-58)48-19-6-2-7-20-48)44-30-28-42(29-31-44)49-37-39-60-56(40-49)52-24-14-15-27-59(52)67(60)50-21-8-3-9-22-50/h1-41H. The molecule has 0 bridgehead atoms. The van der Waals surface area contributed by atoms with Crippen LogP contribution in [0.1, 0.15) is 0 Å². The van der Waals surface area contributed by atoms with Gasteiger partial charge >= 0.3 is 0 Å². The first-order valence-electron chi connectivity index (χ1n) is 22.9. The molecule has 11 aromatic carbocycles. The highest BCUT2D eigenvalue weighted by Gasteiger charge is 2.20. The van der Waals surface area contributed by atoms with Crippen LogP contribution in [0.2, 0.25) is 0 Å². The lowest BCUT2D eigenvalue weighted by Gasteiger charge is -2.19. The molecule has 13 aromatic rings. The monoisotopic (exact) mass is 851 g/mol. The fraction of sp³-hybridized carbons (Fsp3) is 0. The van der Waals surface area contributed by atoms with Gasteiger partial charge in [0, 0.05) is 33.2 Å². The molecule has 2 aromatic heterocycles. The zero-order valence-electron chi connectivity index (χ0n) is 36.5. The summed E-state index contributed by atoms with van der Waals surface area (Å²) in [5.74, 6) is 0.696. The van der Waals surface area contributed by atoms with Crippen LogP contribution in [-0.2, 0) is 0 Å². The van der Waals surface area contributed by atoms with Gasteiger partial charge in [0.1, 0.15) is 0 Å². The molecule has 0 aliphatic carbocycles. The van der Waals surface area contributed by atoms with Gasteiger partial charge in [-0.25, -0.2) is 9.97 Å². The maximum Gasteiger partial charge on any atom is 0.160 e. The quantitative estimate of drug-likeness (QED) is 0.118. The number of rotatable bonds is 7. The molecule has 0 spiro atoms. The van der Waals surface area contributed by atoms with Crippen molar-refractivity contribution in [2.75, 3.05) is 0 Å². The smallest absolute Gasteiger partial charge is 0.160 e. The molecule has 3 heteroatoms. The summed E-state index contributed by atoms with van der Waals surface area (Å²) >= 11 is 0. The van der Waals surface area contributed by atoms with Crippen molar-refractivity contribution in [1.82, 2.24) is 14.5 Å². The van der Waals surface area contributed by atoms with Gasteiger partial charge < -0.3 is 4.57 Å². The Bertz CT molecular complexity index is 3990. The molecule has 0 saturated heterocycles. The number of nitrogens with zero attached hydrogens (tertiary/aromatic N) is 3. The van der Waals surface area contributed by atoms with Gasteiger partial charge in [0.2, 0.25) is 0 Å². The Balaban J connectivity index is 0.906. The summed E-state index contributed by atoms with van der Waals surface area (Å²) < 4.78 is 2.36. The van der Waals surface area contributed by atoms with Crippen LogP contribution in [0.5, 0.6) is 0 Å². The first-order chi connectivity index (χ1) is 33.2. The van der Waals surface area contributed by atoms with E-state index in [9.17, 15) is 0 Å². The van der Waals surface area contributed by atoms with Gasteiger partial charge in [-0.3, -0.25) is 0 Å². The summed E-state index contributed by atoms with van der Waals surface area (Å²) in [7, 11) is 0. The van der Waals surface area contributed by atoms with E-state index in [0.717, 1.165) is 44.9 Å². The van der Waals surface area contributed by atoms with Crippen LogP contribution in [0.25, 0.3) is 127 Å². The summed E-state index contributed by atoms with van der Waals surface area (Å²) in [5.41, 5.74) is 15.6. The number of hydrogen-bond donors (Lipinski definition) is 0. The SMILES string of the molecule is c1ccc(-c2nc(-c3ccc(-c4ccc5c(c4)c4ccccc4n5-c4ccccc4)cc3)cc(-c3ccc(-c4c5ccccc5c(-c5ccccc5)c5c4ccc4ccccc45)cc3)n2)cc1. The average Bonchev–Trinajstić information content (AvgIpc) is 3.74. The van der Waals surface area contributed by atoms with E-state index >= 15 is 0 Å². The Morgan fingerprint density at radius 1 is 0.269 bits per heavy atom. The van der Waals surface area contributed by atoms with E-state index in [1.165, 1.54) is 76.4 Å². The summed E-state index contributed by atoms with van der Waals surface area (Å²) in [6, 6.07) is 89.4. The molecule has 67 heavy (non-hydrogen) atoms. The van der Waals surface area contributed by atoms with Gasteiger partial charge in [-0.1, -0.05) is 212 Å². The highest BCUT2D eigenvalue weighted by atomic mass is 15.0. The van der Waals surface area contributed by atoms with Crippen molar-refractivity contribution in [3.63, 3.8) is 0 Å². The third kappa shape index (κ3) is 6.59. The van der Waals surface area contributed by atoms with Crippen LogP contribution >= 0.6 is 0 Å². The third-order valence-electron chi connectivity index (χ3n) is 13.4. The Kier molecular flexibility index (Phi) is 9.17. The van der Waals surface area contributed by atoms with E-state index in [1.807, 2.05) is 18.2 Å². The highest BCUT2D eigenvalue weighted by Crippen LogP contribution is 2.46. The van der Waals surface area contributed by atoms with Crippen LogP contribution in [-0.4, -0.2) is 14.5 Å². The van der Waals surface area contributed by atoms with E-state index < -0.39 is 0 Å². The molecular weight excluding hydrogens is 811 g/mol. The minimum absolute atomic E-state index is 0.696. The van der Waals surface area contributed by atoms with E-state index in [-0.39, 0.29) is 0 Å². The maximum absolute atomic E-state index is 5.21. The molecular formula is C64H41N3. The predicted molar refractivity (Wildman–Crippen MR) is 282 cm³/mol. The van der Waals surface area contributed by atoms with Crippen LogP contribution in [0.15, 0.2) is 249 Å².